The summed E-state index contributed by atoms with van der Waals surface area (Å²) >= 11 is 0. The first-order valence-electron chi connectivity index (χ1n) is 16.5. The van der Waals surface area contributed by atoms with Crippen molar-refractivity contribution in [1.82, 2.24) is 9.55 Å². The van der Waals surface area contributed by atoms with Crippen LogP contribution in [-0.2, 0) is 0 Å². The molecule has 6 aromatic carbocycles. The second-order valence-corrected chi connectivity index (χ2v) is 19.5. The SMILES string of the molecule is CC(C)c1cccc(C(C)C)c1-n1c(-c2cccc3c2oc2cc4c(ccc5ccccc54)cc23)nc2cccc([Si](C)(C)C)c21. The van der Waals surface area contributed by atoms with E-state index in [-0.39, 0.29) is 0 Å². The molecule has 0 aliphatic rings. The summed E-state index contributed by atoms with van der Waals surface area (Å²) in [7, 11) is -1.75. The quantitative estimate of drug-likeness (QED) is 0.142. The Hall–Kier alpha value is -4.67. The number of furan rings is 1. The van der Waals surface area contributed by atoms with E-state index < -0.39 is 8.07 Å². The highest BCUT2D eigenvalue weighted by atomic mass is 28.3. The predicted octanol–water partition coefficient (Wildman–Crippen LogP) is 11.7. The summed E-state index contributed by atoms with van der Waals surface area (Å²) in [4.78, 5) is 5.48. The van der Waals surface area contributed by atoms with E-state index >= 15 is 0 Å². The number of aromatic nitrogens is 2. The number of rotatable bonds is 5. The first-order chi connectivity index (χ1) is 22.1. The molecule has 4 heteroatoms. The highest BCUT2D eigenvalue weighted by Gasteiger charge is 2.29. The van der Waals surface area contributed by atoms with E-state index in [4.69, 9.17) is 9.40 Å². The molecule has 0 bridgehead atoms. The van der Waals surface area contributed by atoms with Gasteiger partial charge in [0.25, 0.3) is 0 Å². The van der Waals surface area contributed by atoms with Crippen LogP contribution in [0, 0.1) is 0 Å². The van der Waals surface area contributed by atoms with Gasteiger partial charge in [0.2, 0.25) is 0 Å². The molecule has 3 nitrogen and oxygen atoms in total. The molecule has 2 aromatic heterocycles. The fourth-order valence-electron chi connectivity index (χ4n) is 7.38. The summed E-state index contributed by atoms with van der Waals surface area (Å²) in [5, 5.41) is 8.59. The average Bonchev–Trinajstić information content (AvgIpc) is 3.60. The lowest BCUT2D eigenvalue weighted by molar-refractivity contribution is 0.670. The maximum absolute atomic E-state index is 6.89. The molecule has 0 aliphatic carbocycles. The standard InChI is InChI=1S/C42H40N2OSi/c1-25(2)29-15-10-16-30(26(3)4)39(29)44-40-36(19-12-20-38(40)46(5,6)7)43-42(44)33-18-11-17-32-35-23-28-22-21-27-13-8-9-14-31(27)34(28)24-37(35)45-41(32)33/h8-26H,1-7H3. The molecule has 46 heavy (non-hydrogen) atoms. The van der Waals surface area contributed by atoms with Gasteiger partial charge in [0.1, 0.15) is 17.0 Å². The van der Waals surface area contributed by atoms with Crippen molar-refractivity contribution in [2.45, 2.75) is 59.2 Å². The van der Waals surface area contributed by atoms with Gasteiger partial charge in [0.15, 0.2) is 0 Å². The summed E-state index contributed by atoms with van der Waals surface area (Å²) in [6.45, 7) is 16.5. The van der Waals surface area contributed by atoms with E-state index in [9.17, 15) is 0 Å². The molecular weight excluding hydrogens is 577 g/mol. The zero-order chi connectivity index (χ0) is 31.9. The van der Waals surface area contributed by atoms with Crippen molar-refractivity contribution < 1.29 is 4.42 Å². The Morgan fingerprint density at radius 1 is 0.630 bits per heavy atom. The van der Waals surface area contributed by atoms with Crippen LogP contribution in [0.1, 0.15) is 50.7 Å². The topological polar surface area (TPSA) is 31.0 Å². The number of fused-ring (bicyclic) bond motifs is 7. The third-order valence-corrected chi connectivity index (χ3v) is 11.7. The van der Waals surface area contributed by atoms with Crippen LogP contribution in [0.3, 0.4) is 0 Å². The molecule has 0 saturated carbocycles. The fraction of sp³-hybridized carbons (Fsp3) is 0.214. The Kier molecular flexibility index (Phi) is 6.53. The van der Waals surface area contributed by atoms with Crippen molar-refractivity contribution in [3.05, 3.63) is 114 Å². The van der Waals surface area contributed by atoms with Gasteiger partial charge in [-0.15, -0.1) is 0 Å². The molecule has 0 atom stereocenters. The van der Waals surface area contributed by atoms with E-state index in [2.05, 4.69) is 155 Å². The molecule has 0 aliphatic heterocycles. The monoisotopic (exact) mass is 616 g/mol. The Morgan fingerprint density at radius 2 is 1.30 bits per heavy atom. The highest BCUT2D eigenvalue weighted by molar-refractivity contribution is 6.90. The third-order valence-electron chi connectivity index (χ3n) is 9.65. The van der Waals surface area contributed by atoms with Crippen LogP contribution >= 0.6 is 0 Å². The lowest BCUT2D eigenvalue weighted by Crippen LogP contribution is -2.38. The van der Waals surface area contributed by atoms with E-state index in [1.54, 1.807) is 0 Å². The van der Waals surface area contributed by atoms with Crippen LogP contribution in [-0.4, -0.2) is 17.6 Å². The Morgan fingerprint density at radius 3 is 2.04 bits per heavy atom. The van der Waals surface area contributed by atoms with Gasteiger partial charge in [-0.3, -0.25) is 4.57 Å². The van der Waals surface area contributed by atoms with Crippen LogP contribution in [0.4, 0.5) is 0 Å². The third kappa shape index (κ3) is 4.34. The van der Waals surface area contributed by atoms with Gasteiger partial charge in [-0.05, 0) is 74.0 Å². The lowest BCUT2D eigenvalue weighted by Gasteiger charge is -2.25. The molecule has 228 valence electrons. The highest BCUT2D eigenvalue weighted by Crippen LogP contribution is 2.42. The fourth-order valence-corrected chi connectivity index (χ4v) is 8.92. The minimum absolute atomic E-state index is 0.349. The average molecular weight is 617 g/mol. The number of para-hydroxylation sites is 3. The van der Waals surface area contributed by atoms with Crippen LogP contribution in [0.5, 0.6) is 0 Å². The minimum Gasteiger partial charge on any atom is -0.455 e. The number of nitrogens with zero attached hydrogens (tertiary/aromatic N) is 2. The molecule has 0 unspecified atom stereocenters. The van der Waals surface area contributed by atoms with Crippen molar-refractivity contribution in [3.63, 3.8) is 0 Å². The summed E-state index contributed by atoms with van der Waals surface area (Å²) in [5.74, 6) is 1.64. The maximum Gasteiger partial charge on any atom is 0.149 e. The summed E-state index contributed by atoms with van der Waals surface area (Å²) in [6.07, 6.45) is 0. The van der Waals surface area contributed by atoms with E-state index in [0.717, 1.165) is 38.8 Å². The van der Waals surface area contributed by atoms with E-state index in [1.165, 1.54) is 49.1 Å². The lowest BCUT2D eigenvalue weighted by atomic mass is 9.92. The molecule has 0 saturated heterocycles. The van der Waals surface area contributed by atoms with Crippen LogP contribution in [0.2, 0.25) is 19.6 Å². The zero-order valence-electron chi connectivity index (χ0n) is 27.8. The second kappa shape index (κ2) is 10.4. The molecule has 0 amide bonds. The molecule has 2 heterocycles. The van der Waals surface area contributed by atoms with Crippen molar-refractivity contribution >= 4 is 67.8 Å². The Labute approximate surface area is 271 Å². The van der Waals surface area contributed by atoms with Gasteiger partial charge < -0.3 is 4.42 Å². The summed E-state index contributed by atoms with van der Waals surface area (Å²) in [6, 6.07) is 37.6. The molecule has 8 rings (SSSR count). The van der Waals surface area contributed by atoms with Gasteiger partial charge in [-0.2, -0.15) is 0 Å². The smallest absolute Gasteiger partial charge is 0.149 e. The van der Waals surface area contributed by atoms with Gasteiger partial charge in [-0.25, -0.2) is 4.98 Å². The Bertz CT molecular complexity index is 2440. The number of benzene rings is 6. The number of hydrogen-bond acceptors (Lipinski definition) is 2. The normalized spacial score (nSPS) is 12.6. The summed E-state index contributed by atoms with van der Waals surface area (Å²) < 4.78 is 9.39. The van der Waals surface area contributed by atoms with Crippen LogP contribution in [0.25, 0.3) is 71.6 Å². The van der Waals surface area contributed by atoms with Gasteiger partial charge in [0.05, 0.1) is 30.4 Å². The molecular formula is C42H40N2OSi. The van der Waals surface area contributed by atoms with Crippen molar-refractivity contribution in [2.24, 2.45) is 0 Å². The van der Waals surface area contributed by atoms with Crippen LogP contribution in [0.15, 0.2) is 108 Å². The van der Waals surface area contributed by atoms with Crippen molar-refractivity contribution in [2.75, 3.05) is 0 Å². The first-order valence-corrected chi connectivity index (χ1v) is 20.0. The van der Waals surface area contributed by atoms with Gasteiger partial charge in [0, 0.05) is 10.8 Å². The Balaban J connectivity index is 1.51. The first kappa shape index (κ1) is 28.8. The molecule has 8 aromatic rings. The van der Waals surface area contributed by atoms with Gasteiger partial charge >= 0.3 is 0 Å². The largest absolute Gasteiger partial charge is 0.455 e. The predicted molar refractivity (Wildman–Crippen MR) is 200 cm³/mol. The summed E-state index contributed by atoms with van der Waals surface area (Å²) in [5.41, 5.74) is 9.03. The van der Waals surface area contributed by atoms with E-state index in [0.29, 0.717) is 11.8 Å². The molecule has 0 fully saturated rings. The van der Waals surface area contributed by atoms with Crippen LogP contribution < -0.4 is 5.19 Å². The number of imidazole rings is 1. The zero-order valence-corrected chi connectivity index (χ0v) is 28.8. The second-order valence-electron chi connectivity index (χ2n) is 14.4. The molecule has 0 N–H and O–H groups in total. The van der Waals surface area contributed by atoms with Crippen molar-refractivity contribution in [3.8, 4) is 17.1 Å². The minimum atomic E-state index is -1.75. The number of hydrogen-bond donors (Lipinski definition) is 0. The van der Waals surface area contributed by atoms with E-state index in [1.807, 2.05) is 0 Å². The maximum atomic E-state index is 6.89. The van der Waals surface area contributed by atoms with Gasteiger partial charge in [-0.1, -0.05) is 126 Å². The molecule has 0 spiro atoms. The van der Waals surface area contributed by atoms with Crippen molar-refractivity contribution in [1.29, 1.82) is 0 Å². The molecule has 0 radical (unpaired) electrons.